The Morgan fingerprint density at radius 2 is 1.62 bits per heavy atom. The summed E-state index contributed by atoms with van der Waals surface area (Å²) in [7, 11) is 0. The van der Waals surface area contributed by atoms with Crippen LogP contribution >= 0.6 is 0 Å². The second-order valence-corrected chi connectivity index (χ2v) is 4.83. The number of hydrogen-bond acceptors (Lipinski definition) is 3. The van der Waals surface area contributed by atoms with Gasteiger partial charge in [-0.2, -0.15) is 0 Å². The zero-order valence-electron chi connectivity index (χ0n) is 12.2. The molecule has 1 atom stereocenters. The molecule has 2 aromatic rings. The molecular formula is C16H13F3N2O3. The summed E-state index contributed by atoms with van der Waals surface area (Å²) in [5.74, 6) is -4.79. The van der Waals surface area contributed by atoms with Gasteiger partial charge in [0.05, 0.1) is 5.56 Å². The van der Waals surface area contributed by atoms with E-state index in [4.69, 9.17) is 0 Å². The van der Waals surface area contributed by atoms with Crippen LogP contribution in [0.5, 0.6) is 0 Å². The number of carbonyl (C=O) groups is 2. The molecule has 0 aliphatic carbocycles. The topological polar surface area (TPSA) is 78.4 Å². The molecule has 0 heterocycles. The minimum Gasteiger partial charge on any atom is -0.386 e. The van der Waals surface area contributed by atoms with Crippen molar-refractivity contribution in [2.24, 2.45) is 0 Å². The molecule has 126 valence electrons. The van der Waals surface area contributed by atoms with Gasteiger partial charge in [-0.25, -0.2) is 13.2 Å². The molecule has 2 aromatic carbocycles. The van der Waals surface area contributed by atoms with Crippen LogP contribution in [-0.2, 0) is 9.59 Å². The number of halogens is 3. The molecule has 0 saturated heterocycles. The first-order valence-corrected chi connectivity index (χ1v) is 6.85. The van der Waals surface area contributed by atoms with Crippen molar-refractivity contribution >= 4 is 17.5 Å². The molecule has 5 nitrogen and oxygen atoms in total. The molecule has 0 aromatic heterocycles. The quantitative estimate of drug-likeness (QED) is 0.745. The smallest absolute Gasteiger partial charge is 0.313 e. The van der Waals surface area contributed by atoms with Crippen LogP contribution in [0.25, 0.3) is 0 Å². The van der Waals surface area contributed by atoms with Crippen LogP contribution in [0, 0.1) is 17.5 Å². The number of amides is 2. The molecule has 3 N–H and O–H groups in total. The molecule has 0 aliphatic heterocycles. The molecule has 24 heavy (non-hydrogen) atoms. The Hall–Kier alpha value is -2.87. The summed E-state index contributed by atoms with van der Waals surface area (Å²) in [5.41, 5.74) is -0.542. The molecule has 0 saturated carbocycles. The molecule has 0 bridgehead atoms. The average Bonchev–Trinajstić information content (AvgIpc) is 2.52. The summed E-state index contributed by atoms with van der Waals surface area (Å²) in [6, 6.07) is 7.93. The average molecular weight is 338 g/mol. The fourth-order valence-electron chi connectivity index (χ4n) is 1.95. The predicted molar refractivity (Wildman–Crippen MR) is 79.4 cm³/mol. The number of benzene rings is 2. The van der Waals surface area contributed by atoms with Crippen LogP contribution in [0.2, 0.25) is 0 Å². The fourth-order valence-corrected chi connectivity index (χ4v) is 1.95. The third kappa shape index (κ3) is 4.32. The minimum absolute atomic E-state index is 0.0656. The number of rotatable bonds is 4. The van der Waals surface area contributed by atoms with Crippen molar-refractivity contribution in [2.45, 2.75) is 6.10 Å². The molecule has 0 spiro atoms. The van der Waals surface area contributed by atoms with E-state index in [1.54, 1.807) is 0 Å². The van der Waals surface area contributed by atoms with Crippen molar-refractivity contribution in [2.75, 3.05) is 11.9 Å². The Labute approximate surface area is 135 Å². The molecule has 0 fully saturated rings. The first-order chi connectivity index (χ1) is 11.4. The second-order valence-electron chi connectivity index (χ2n) is 4.83. The Bertz CT molecular complexity index is 748. The van der Waals surface area contributed by atoms with E-state index in [1.165, 1.54) is 12.1 Å². The third-order valence-corrected chi connectivity index (χ3v) is 3.08. The van der Waals surface area contributed by atoms with E-state index < -0.39 is 47.5 Å². The zero-order chi connectivity index (χ0) is 17.7. The van der Waals surface area contributed by atoms with Gasteiger partial charge >= 0.3 is 11.8 Å². The maximum absolute atomic E-state index is 13.5. The van der Waals surface area contributed by atoms with Gasteiger partial charge in [-0.1, -0.05) is 12.1 Å². The van der Waals surface area contributed by atoms with Crippen LogP contribution in [0.1, 0.15) is 11.7 Å². The van der Waals surface area contributed by atoms with Gasteiger partial charge in [0.1, 0.15) is 23.6 Å². The van der Waals surface area contributed by atoms with Gasteiger partial charge in [-0.05, 0) is 30.3 Å². The molecule has 1 unspecified atom stereocenters. The first kappa shape index (κ1) is 17.5. The minimum atomic E-state index is -1.67. The Morgan fingerprint density at radius 3 is 2.25 bits per heavy atom. The van der Waals surface area contributed by atoms with Crippen LogP contribution in [-0.4, -0.2) is 23.5 Å². The number of aliphatic hydroxyl groups is 1. The zero-order valence-corrected chi connectivity index (χ0v) is 12.2. The third-order valence-electron chi connectivity index (χ3n) is 3.08. The Kier molecular flexibility index (Phi) is 5.54. The highest BCUT2D eigenvalue weighted by atomic mass is 19.1. The van der Waals surface area contributed by atoms with Crippen LogP contribution in [0.3, 0.4) is 0 Å². The van der Waals surface area contributed by atoms with Crippen molar-refractivity contribution in [3.05, 3.63) is 65.5 Å². The molecule has 0 radical (unpaired) electrons. The van der Waals surface area contributed by atoms with Gasteiger partial charge in [-0.3, -0.25) is 9.59 Å². The molecule has 8 heteroatoms. The number of anilines is 1. The highest BCUT2D eigenvalue weighted by Gasteiger charge is 2.20. The lowest BCUT2D eigenvalue weighted by Gasteiger charge is -2.13. The van der Waals surface area contributed by atoms with Gasteiger partial charge in [0, 0.05) is 12.2 Å². The summed E-state index contributed by atoms with van der Waals surface area (Å²) in [4.78, 5) is 23.3. The van der Waals surface area contributed by atoms with E-state index in [9.17, 15) is 27.9 Å². The van der Waals surface area contributed by atoms with Crippen LogP contribution in [0.15, 0.2) is 42.5 Å². The highest BCUT2D eigenvalue weighted by molar-refractivity contribution is 6.39. The Balaban J connectivity index is 1.94. The lowest BCUT2D eigenvalue weighted by molar-refractivity contribution is -0.136. The van der Waals surface area contributed by atoms with Gasteiger partial charge in [0.2, 0.25) is 0 Å². The number of aliphatic hydroxyl groups excluding tert-OH is 1. The monoisotopic (exact) mass is 338 g/mol. The number of carbonyl (C=O) groups excluding carboxylic acids is 2. The second kappa shape index (κ2) is 7.60. The highest BCUT2D eigenvalue weighted by Crippen LogP contribution is 2.19. The van der Waals surface area contributed by atoms with Gasteiger partial charge < -0.3 is 15.7 Å². The van der Waals surface area contributed by atoms with E-state index >= 15 is 0 Å². The largest absolute Gasteiger partial charge is 0.386 e. The van der Waals surface area contributed by atoms with Gasteiger partial charge in [0.15, 0.2) is 0 Å². The fraction of sp³-hybridized carbons (Fsp3) is 0.125. The van der Waals surface area contributed by atoms with Crippen molar-refractivity contribution < 1.29 is 27.9 Å². The van der Waals surface area contributed by atoms with Crippen molar-refractivity contribution in [3.8, 4) is 0 Å². The van der Waals surface area contributed by atoms with Crippen molar-refractivity contribution in [3.63, 3.8) is 0 Å². The van der Waals surface area contributed by atoms with E-state index in [1.807, 2.05) is 5.32 Å². The lowest BCUT2D eigenvalue weighted by Crippen LogP contribution is -2.37. The number of hydrogen-bond donors (Lipinski definition) is 3. The van der Waals surface area contributed by atoms with Crippen LogP contribution in [0.4, 0.5) is 18.9 Å². The van der Waals surface area contributed by atoms with E-state index in [0.717, 1.165) is 30.3 Å². The normalized spacial score (nSPS) is 11.7. The summed E-state index contributed by atoms with van der Waals surface area (Å²) >= 11 is 0. The van der Waals surface area contributed by atoms with Crippen molar-refractivity contribution in [1.29, 1.82) is 0 Å². The number of nitrogens with one attached hydrogen (secondary N) is 2. The van der Waals surface area contributed by atoms with Gasteiger partial charge in [0.25, 0.3) is 0 Å². The maximum Gasteiger partial charge on any atom is 0.313 e. The maximum atomic E-state index is 13.5. The molecule has 2 rings (SSSR count). The molecular weight excluding hydrogens is 325 g/mol. The van der Waals surface area contributed by atoms with Crippen molar-refractivity contribution in [1.82, 2.24) is 5.32 Å². The first-order valence-electron chi connectivity index (χ1n) is 6.85. The van der Waals surface area contributed by atoms with E-state index in [2.05, 4.69) is 5.32 Å². The van der Waals surface area contributed by atoms with E-state index in [0.29, 0.717) is 0 Å². The SMILES string of the molecule is O=C(NCC(O)c1c(F)cccc1F)C(=O)Nc1cccc(F)c1. The summed E-state index contributed by atoms with van der Waals surface area (Å²) in [5, 5.41) is 14.0. The summed E-state index contributed by atoms with van der Waals surface area (Å²) < 4.78 is 39.9. The van der Waals surface area contributed by atoms with Gasteiger partial charge in [-0.15, -0.1) is 0 Å². The predicted octanol–water partition coefficient (Wildman–Crippen LogP) is 1.89. The Morgan fingerprint density at radius 1 is 1.00 bits per heavy atom. The standard InChI is InChI=1S/C16H13F3N2O3/c17-9-3-1-4-10(7-9)21-16(24)15(23)20-8-13(22)14-11(18)5-2-6-12(14)19/h1-7,13,22H,8H2,(H,20,23)(H,21,24). The molecule has 0 aliphatic rings. The molecule has 2 amide bonds. The summed E-state index contributed by atoms with van der Waals surface area (Å²) in [6.45, 7) is -0.576. The van der Waals surface area contributed by atoms with E-state index in [-0.39, 0.29) is 5.69 Å². The lowest BCUT2D eigenvalue weighted by atomic mass is 10.1. The summed E-state index contributed by atoms with van der Waals surface area (Å²) in [6.07, 6.45) is -1.67. The van der Waals surface area contributed by atoms with Crippen LogP contribution < -0.4 is 10.6 Å².